The summed E-state index contributed by atoms with van der Waals surface area (Å²) in [6.07, 6.45) is 0.835. The zero-order valence-corrected chi connectivity index (χ0v) is 5.96. The summed E-state index contributed by atoms with van der Waals surface area (Å²) in [5.74, 6) is -0.329. The molecule has 3 N–H and O–H groups in total. The molecule has 0 radical (unpaired) electrons. The van der Waals surface area contributed by atoms with Crippen molar-refractivity contribution in [2.24, 2.45) is 5.73 Å². The number of rotatable bonds is 2. The molecule has 1 saturated heterocycles. The zero-order chi connectivity index (χ0) is 7.56. The van der Waals surface area contributed by atoms with Crippen molar-refractivity contribution in [2.75, 3.05) is 13.7 Å². The molecule has 4 nitrogen and oxygen atoms in total. The summed E-state index contributed by atoms with van der Waals surface area (Å²) in [6.45, 7) is 0.812. The molecular weight excluding hydrogens is 132 g/mol. The van der Waals surface area contributed by atoms with E-state index in [2.05, 4.69) is 5.32 Å². The first-order valence-electron chi connectivity index (χ1n) is 3.31. The minimum Gasteiger partial charge on any atom is -0.379 e. The van der Waals surface area contributed by atoms with Crippen LogP contribution >= 0.6 is 0 Å². The van der Waals surface area contributed by atoms with E-state index >= 15 is 0 Å². The van der Waals surface area contributed by atoms with Crippen LogP contribution in [0.25, 0.3) is 0 Å². The predicted molar refractivity (Wildman–Crippen MR) is 36.4 cm³/mol. The number of nitrogens with one attached hydrogen (secondary N) is 1. The van der Waals surface area contributed by atoms with Crippen molar-refractivity contribution in [3.63, 3.8) is 0 Å². The minimum atomic E-state index is -0.329. The molecule has 0 aliphatic carbocycles. The predicted octanol–water partition coefficient (Wildman–Crippen LogP) is -1.15. The normalized spacial score (nSPS) is 32.5. The lowest BCUT2D eigenvalue weighted by Crippen LogP contribution is -2.43. The molecule has 0 aromatic heterocycles. The summed E-state index contributed by atoms with van der Waals surface area (Å²) < 4.78 is 5.02. The molecule has 0 unspecified atom stereocenters. The molecule has 10 heavy (non-hydrogen) atoms. The van der Waals surface area contributed by atoms with E-state index in [4.69, 9.17) is 10.5 Å². The van der Waals surface area contributed by atoms with Crippen LogP contribution in [0.2, 0.25) is 0 Å². The molecule has 0 bridgehead atoms. The van der Waals surface area contributed by atoms with Gasteiger partial charge in [-0.1, -0.05) is 0 Å². The molecule has 0 saturated carbocycles. The van der Waals surface area contributed by atoms with Crippen LogP contribution < -0.4 is 11.1 Å². The second-order valence-corrected chi connectivity index (χ2v) is 2.40. The minimum absolute atomic E-state index is 0.0301. The highest BCUT2D eigenvalue weighted by atomic mass is 16.5. The van der Waals surface area contributed by atoms with E-state index in [-0.39, 0.29) is 18.1 Å². The Balaban J connectivity index is 2.50. The van der Waals surface area contributed by atoms with Gasteiger partial charge in [-0.2, -0.15) is 0 Å². The van der Waals surface area contributed by atoms with Gasteiger partial charge in [0.15, 0.2) is 0 Å². The van der Waals surface area contributed by atoms with Gasteiger partial charge in [-0.3, -0.25) is 4.79 Å². The third-order valence-electron chi connectivity index (χ3n) is 1.77. The average Bonchev–Trinajstić information content (AvgIpc) is 2.33. The number of methoxy groups -OCH3 is 1. The maximum absolute atomic E-state index is 10.7. The van der Waals surface area contributed by atoms with E-state index < -0.39 is 0 Å². The number of nitrogens with two attached hydrogens (primary N) is 1. The Labute approximate surface area is 59.7 Å². The van der Waals surface area contributed by atoms with Crippen molar-refractivity contribution >= 4 is 5.91 Å². The highest BCUT2D eigenvalue weighted by Crippen LogP contribution is 2.09. The first kappa shape index (κ1) is 7.50. The Hall–Kier alpha value is -0.610. The van der Waals surface area contributed by atoms with Crippen LogP contribution in [0.1, 0.15) is 6.42 Å². The number of primary amides is 1. The molecule has 58 valence electrons. The lowest BCUT2D eigenvalue weighted by molar-refractivity contribution is -0.122. The van der Waals surface area contributed by atoms with Crippen molar-refractivity contribution in [3.8, 4) is 0 Å². The van der Waals surface area contributed by atoms with E-state index in [1.807, 2.05) is 0 Å². The second kappa shape index (κ2) is 2.98. The van der Waals surface area contributed by atoms with Crippen LogP contribution in [0.3, 0.4) is 0 Å². The lowest BCUT2D eigenvalue weighted by Gasteiger charge is -2.13. The average molecular weight is 144 g/mol. The van der Waals surface area contributed by atoms with Gasteiger partial charge in [0.25, 0.3) is 0 Å². The molecule has 0 aromatic rings. The van der Waals surface area contributed by atoms with Crippen molar-refractivity contribution in [2.45, 2.75) is 18.6 Å². The van der Waals surface area contributed by atoms with Gasteiger partial charge in [-0.15, -0.1) is 0 Å². The number of hydrogen-bond acceptors (Lipinski definition) is 3. The number of carbonyl (C=O) groups is 1. The Morgan fingerprint density at radius 2 is 2.50 bits per heavy atom. The Kier molecular flexibility index (Phi) is 2.24. The number of hydrogen-bond donors (Lipinski definition) is 2. The van der Waals surface area contributed by atoms with Gasteiger partial charge in [-0.05, 0) is 13.0 Å². The Morgan fingerprint density at radius 1 is 1.80 bits per heavy atom. The lowest BCUT2D eigenvalue weighted by atomic mass is 10.2. The first-order chi connectivity index (χ1) is 4.75. The van der Waals surface area contributed by atoms with Crippen LogP contribution in [0.4, 0.5) is 0 Å². The van der Waals surface area contributed by atoms with Crippen LogP contribution in [-0.2, 0) is 9.53 Å². The highest BCUT2D eigenvalue weighted by molar-refractivity contribution is 5.80. The molecule has 2 atom stereocenters. The smallest absolute Gasteiger partial charge is 0.237 e. The highest BCUT2D eigenvalue weighted by Gasteiger charge is 2.30. The molecule has 0 spiro atoms. The molecule has 1 rings (SSSR count). The molecule has 0 aromatic carbocycles. The zero-order valence-electron chi connectivity index (χ0n) is 5.96. The van der Waals surface area contributed by atoms with Gasteiger partial charge in [0.2, 0.25) is 5.91 Å². The fourth-order valence-corrected chi connectivity index (χ4v) is 1.22. The fourth-order valence-electron chi connectivity index (χ4n) is 1.22. The maximum atomic E-state index is 10.7. The van der Waals surface area contributed by atoms with Crippen molar-refractivity contribution in [3.05, 3.63) is 0 Å². The van der Waals surface area contributed by atoms with Crippen LogP contribution in [0.5, 0.6) is 0 Å². The topological polar surface area (TPSA) is 64.3 Å². The maximum Gasteiger partial charge on any atom is 0.237 e. The summed E-state index contributed by atoms with van der Waals surface area (Å²) in [6, 6.07) is -0.287. The van der Waals surface area contributed by atoms with Gasteiger partial charge < -0.3 is 15.8 Å². The van der Waals surface area contributed by atoms with Crippen molar-refractivity contribution in [1.29, 1.82) is 0 Å². The van der Waals surface area contributed by atoms with E-state index in [9.17, 15) is 4.79 Å². The third-order valence-corrected chi connectivity index (χ3v) is 1.77. The van der Waals surface area contributed by atoms with Crippen molar-refractivity contribution < 1.29 is 9.53 Å². The number of carbonyl (C=O) groups excluding carboxylic acids is 1. The van der Waals surface area contributed by atoms with E-state index in [1.165, 1.54) is 0 Å². The SMILES string of the molecule is CO[C@H]1CCN[C@@H]1C(N)=O. The fraction of sp³-hybridized carbons (Fsp3) is 0.833. The van der Waals surface area contributed by atoms with Gasteiger partial charge in [0.05, 0.1) is 6.10 Å². The van der Waals surface area contributed by atoms with Gasteiger partial charge >= 0.3 is 0 Å². The molecule has 1 amide bonds. The van der Waals surface area contributed by atoms with Crippen molar-refractivity contribution in [1.82, 2.24) is 5.32 Å². The first-order valence-corrected chi connectivity index (χ1v) is 3.31. The Bertz CT molecular complexity index is 138. The van der Waals surface area contributed by atoms with Crippen LogP contribution in [0, 0.1) is 0 Å². The number of ether oxygens (including phenoxy) is 1. The van der Waals surface area contributed by atoms with E-state index in [0.717, 1.165) is 13.0 Å². The largest absolute Gasteiger partial charge is 0.379 e. The van der Waals surface area contributed by atoms with Gasteiger partial charge in [0, 0.05) is 7.11 Å². The quantitative estimate of drug-likeness (QED) is 0.514. The number of amides is 1. The van der Waals surface area contributed by atoms with Crippen LogP contribution in [-0.4, -0.2) is 31.7 Å². The second-order valence-electron chi connectivity index (χ2n) is 2.40. The third kappa shape index (κ3) is 1.27. The standard InChI is InChI=1S/C6H12N2O2/c1-10-4-2-3-8-5(4)6(7)9/h4-5,8H,2-3H2,1H3,(H2,7,9)/t4-,5-/m0/s1. The molecule has 1 fully saturated rings. The molecule has 1 aliphatic rings. The molecule has 4 heteroatoms. The molecule has 1 aliphatic heterocycles. The summed E-state index contributed by atoms with van der Waals surface area (Å²) in [5, 5.41) is 2.96. The van der Waals surface area contributed by atoms with E-state index in [1.54, 1.807) is 7.11 Å². The summed E-state index contributed by atoms with van der Waals surface area (Å²) >= 11 is 0. The summed E-state index contributed by atoms with van der Waals surface area (Å²) in [5.41, 5.74) is 5.08. The Morgan fingerprint density at radius 3 is 2.90 bits per heavy atom. The van der Waals surface area contributed by atoms with Gasteiger partial charge in [-0.25, -0.2) is 0 Å². The van der Waals surface area contributed by atoms with E-state index in [0.29, 0.717) is 0 Å². The summed E-state index contributed by atoms with van der Waals surface area (Å²) in [7, 11) is 1.59. The summed E-state index contributed by atoms with van der Waals surface area (Å²) in [4.78, 5) is 10.7. The van der Waals surface area contributed by atoms with Gasteiger partial charge in [0.1, 0.15) is 6.04 Å². The monoisotopic (exact) mass is 144 g/mol. The molecular formula is C6H12N2O2. The van der Waals surface area contributed by atoms with Crippen LogP contribution in [0.15, 0.2) is 0 Å². The molecule has 1 heterocycles.